The second-order valence-electron chi connectivity index (χ2n) is 14.1. The molecule has 0 unspecified atom stereocenters. The standard InChI is InChI=1S/C36H42B2O4/c1-23-13-11-15-25(17-23)29-19-27(37-39-33(3,4)34(5,6)40-37)22-32-30(26-16-12-14-24(2)18-26)20-28(21-31(29)32)38-41-35(7,8)36(9,10)42-38/h11-22H,1-10H3. The fourth-order valence-corrected chi connectivity index (χ4v) is 5.84. The summed E-state index contributed by atoms with van der Waals surface area (Å²) in [6.45, 7) is 21.1. The van der Waals surface area contributed by atoms with E-state index in [1.54, 1.807) is 0 Å². The summed E-state index contributed by atoms with van der Waals surface area (Å²) in [7, 11) is -0.952. The van der Waals surface area contributed by atoms with Gasteiger partial charge in [-0.2, -0.15) is 0 Å². The highest BCUT2D eigenvalue weighted by Gasteiger charge is 2.53. The first kappa shape index (κ1) is 29.2. The molecule has 0 spiro atoms. The molecule has 0 bridgehead atoms. The fourth-order valence-electron chi connectivity index (χ4n) is 5.84. The van der Waals surface area contributed by atoms with Gasteiger partial charge in [-0.15, -0.1) is 0 Å². The van der Waals surface area contributed by atoms with Crippen LogP contribution in [0.4, 0.5) is 0 Å². The highest BCUT2D eigenvalue weighted by Crippen LogP contribution is 2.41. The van der Waals surface area contributed by atoms with Gasteiger partial charge in [0.1, 0.15) is 0 Å². The van der Waals surface area contributed by atoms with E-state index in [1.807, 2.05) is 0 Å². The minimum Gasteiger partial charge on any atom is -0.399 e. The Morgan fingerprint density at radius 1 is 0.452 bits per heavy atom. The average Bonchev–Trinajstić information content (AvgIpc) is 3.26. The molecule has 6 rings (SSSR count). The zero-order valence-corrected chi connectivity index (χ0v) is 26.7. The third kappa shape index (κ3) is 4.93. The van der Waals surface area contributed by atoms with Crippen molar-refractivity contribution in [3.05, 3.63) is 83.9 Å². The number of benzene rings is 4. The fraction of sp³-hybridized carbons (Fsp3) is 0.389. The van der Waals surface area contributed by atoms with Crippen molar-refractivity contribution >= 4 is 35.9 Å². The first-order valence-electron chi connectivity index (χ1n) is 15.0. The van der Waals surface area contributed by atoms with Gasteiger partial charge >= 0.3 is 14.2 Å². The minimum atomic E-state index is -0.476. The van der Waals surface area contributed by atoms with Crippen LogP contribution in [0.15, 0.2) is 72.8 Å². The van der Waals surface area contributed by atoms with Gasteiger partial charge in [-0.25, -0.2) is 0 Å². The van der Waals surface area contributed by atoms with Crippen molar-refractivity contribution < 1.29 is 18.6 Å². The summed E-state index contributed by atoms with van der Waals surface area (Å²) >= 11 is 0. The maximum Gasteiger partial charge on any atom is 0.494 e. The van der Waals surface area contributed by atoms with E-state index in [9.17, 15) is 0 Å². The third-order valence-corrected chi connectivity index (χ3v) is 9.82. The van der Waals surface area contributed by atoms with Crippen LogP contribution in [0, 0.1) is 13.8 Å². The first-order valence-corrected chi connectivity index (χ1v) is 15.0. The van der Waals surface area contributed by atoms with E-state index < -0.39 is 36.6 Å². The van der Waals surface area contributed by atoms with Crippen molar-refractivity contribution in [2.45, 2.75) is 91.6 Å². The lowest BCUT2D eigenvalue weighted by Gasteiger charge is -2.32. The minimum absolute atomic E-state index is 0.434. The molecule has 2 fully saturated rings. The van der Waals surface area contributed by atoms with Gasteiger partial charge in [0.15, 0.2) is 0 Å². The Labute approximate surface area is 252 Å². The molecule has 2 heterocycles. The lowest BCUT2D eigenvalue weighted by Crippen LogP contribution is -2.41. The zero-order chi connectivity index (χ0) is 30.2. The van der Waals surface area contributed by atoms with Gasteiger partial charge in [0.2, 0.25) is 0 Å². The molecule has 0 aromatic heterocycles. The van der Waals surface area contributed by atoms with Crippen LogP contribution in [0.2, 0.25) is 0 Å². The lowest BCUT2D eigenvalue weighted by molar-refractivity contribution is 0.00578. The van der Waals surface area contributed by atoms with Crippen molar-refractivity contribution in [2.24, 2.45) is 0 Å². The molecule has 6 heteroatoms. The monoisotopic (exact) mass is 560 g/mol. The van der Waals surface area contributed by atoms with E-state index in [0.717, 1.165) is 44.0 Å². The van der Waals surface area contributed by atoms with Crippen molar-refractivity contribution in [1.29, 1.82) is 0 Å². The summed E-state index contributed by atoms with van der Waals surface area (Å²) in [6.07, 6.45) is 0. The Kier molecular flexibility index (Phi) is 6.83. The van der Waals surface area contributed by atoms with Crippen LogP contribution in [0.5, 0.6) is 0 Å². The largest absolute Gasteiger partial charge is 0.494 e. The molecular formula is C36H42B2O4. The van der Waals surface area contributed by atoms with E-state index in [1.165, 1.54) is 11.1 Å². The number of aryl methyl sites for hydroxylation is 2. The van der Waals surface area contributed by atoms with Crippen molar-refractivity contribution in [3.63, 3.8) is 0 Å². The number of hydrogen-bond donors (Lipinski definition) is 0. The lowest BCUT2D eigenvalue weighted by atomic mass is 9.72. The Hall–Kier alpha value is -2.89. The predicted molar refractivity (Wildman–Crippen MR) is 176 cm³/mol. The van der Waals surface area contributed by atoms with Crippen LogP contribution in [0.3, 0.4) is 0 Å². The molecule has 42 heavy (non-hydrogen) atoms. The maximum absolute atomic E-state index is 6.57. The topological polar surface area (TPSA) is 36.9 Å². The van der Waals surface area contributed by atoms with Gasteiger partial charge in [-0.3, -0.25) is 0 Å². The molecular weight excluding hydrogens is 518 g/mol. The number of hydrogen-bond acceptors (Lipinski definition) is 4. The number of rotatable bonds is 4. The highest BCUT2D eigenvalue weighted by molar-refractivity contribution is 6.63. The molecule has 4 nitrogen and oxygen atoms in total. The SMILES string of the molecule is Cc1cccc(-c2cc(B3OC(C)(C)C(C)(C)O3)cc3c(-c4cccc(C)c4)cc(B4OC(C)(C)C(C)(C)O4)cc23)c1. The Morgan fingerprint density at radius 3 is 1.10 bits per heavy atom. The quantitative estimate of drug-likeness (QED) is 0.244. The van der Waals surface area contributed by atoms with Crippen molar-refractivity contribution in [3.8, 4) is 22.3 Å². The van der Waals surface area contributed by atoms with Crippen LogP contribution in [-0.2, 0) is 18.6 Å². The molecule has 0 saturated carbocycles. The Morgan fingerprint density at radius 2 is 0.786 bits per heavy atom. The molecule has 0 atom stereocenters. The molecule has 2 aliphatic rings. The summed E-state index contributed by atoms with van der Waals surface area (Å²) in [5.41, 5.74) is 7.27. The van der Waals surface area contributed by atoms with Gasteiger partial charge < -0.3 is 18.6 Å². The van der Waals surface area contributed by atoms with Crippen molar-refractivity contribution in [2.75, 3.05) is 0 Å². The smallest absolute Gasteiger partial charge is 0.399 e. The summed E-state index contributed by atoms with van der Waals surface area (Å²) < 4.78 is 26.3. The first-order chi connectivity index (χ1) is 19.6. The molecule has 216 valence electrons. The third-order valence-electron chi connectivity index (χ3n) is 9.82. The molecule has 2 saturated heterocycles. The van der Waals surface area contributed by atoms with Gasteiger partial charge in [-0.1, -0.05) is 83.9 Å². The van der Waals surface area contributed by atoms with Crippen LogP contribution < -0.4 is 10.9 Å². The average molecular weight is 560 g/mol. The molecule has 0 radical (unpaired) electrons. The predicted octanol–water partition coefficient (Wildman–Crippen LogP) is 7.39. The van der Waals surface area contributed by atoms with E-state index in [-0.39, 0.29) is 0 Å². The summed E-state index contributed by atoms with van der Waals surface area (Å²) in [5, 5.41) is 2.29. The van der Waals surface area contributed by atoms with Gasteiger partial charge in [0.05, 0.1) is 22.4 Å². The van der Waals surface area contributed by atoms with Crippen molar-refractivity contribution in [1.82, 2.24) is 0 Å². The second-order valence-corrected chi connectivity index (χ2v) is 14.1. The number of fused-ring (bicyclic) bond motifs is 1. The molecule has 0 N–H and O–H groups in total. The maximum atomic E-state index is 6.57. The molecule has 2 aliphatic heterocycles. The van der Waals surface area contributed by atoms with E-state index in [2.05, 4.69) is 142 Å². The van der Waals surface area contributed by atoms with Crippen LogP contribution in [-0.4, -0.2) is 36.6 Å². The zero-order valence-electron chi connectivity index (χ0n) is 26.7. The van der Waals surface area contributed by atoms with Crippen LogP contribution in [0.25, 0.3) is 33.0 Å². The van der Waals surface area contributed by atoms with Gasteiger partial charge in [-0.05, 0) is 113 Å². The summed E-state index contributed by atoms with van der Waals surface area (Å²) in [6, 6.07) is 26.4. The molecule has 0 aliphatic carbocycles. The Balaban J connectivity index is 1.64. The van der Waals surface area contributed by atoms with Gasteiger partial charge in [0.25, 0.3) is 0 Å². The van der Waals surface area contributed by atoms with E-state index in [4.69, 9.17) is 18.6 Å². The van der Waals surface area contributed by atoms with E-state index >= 15 is 0 Å². The summed E-state index contributed by atoms with van der Waals surface area (Å²) in [5.74, 6) is 0. The molecule has 4 aromatic rings. The molecule has 0 amide bonds. The summed E-state index contributed by atoms with van der Waals surface area (Å²) in [4.78, 5) is 0. The van der Waals surface area contributed by atoms with E-state index in [0.29, 0.717) is 0 Å². The normalized spacial score (nSPS) is 20.4. The van der Waals surface area contributed by atoms with Crippen LogP contribution >= 0.6 is 0 Å². The van der Waals surface area contributed by atoms with Crippen LogP contribution in [0.1, 0.15) is 66.5 Å². The molecule has 4 aromatic carbocycles. The Bertz CT molecular complexity index is 1530. The second kappa shape index (κ2) is 9.82. The van der Waals surface area contributed by atoms with Gasteiger partial charge in [0, 0.05) is 0 Å². The highest BCUT2D eigenvalue weighted by atomic mass is 16.7.